The Balaban J connectivity index is 1.99. The van der Waals surface area contributed by atoms with Crippen LogP contribution >= 0.6 is 15.9 Å². The van der Waals surface area contributed by atoms with Gasteiger partial charge in [-0.25, -0.2) is 0 Å². The van der Waals surface area contributed by atoms with E-state index in [1.165, 1.54) is 0 Å². The number of hydrogen-bond donors (Lipinski definition) is 1. The van der Waals surface area contributed by atoms with Crippen molar-refractivity contribution in [2.24, 2.45) is 5.73 Å². The first-order valence-corrected chi connectivity index (χ1v) is 5.72. The van der Waals surface area contributed by atoms with Gasteiger partial charge in [0, 0.05) is 10.0 Å². The fourth-order valence-corrected chi connectivity index (χ4v) is 1.63. The largest absolute Gasteiger partial charge is 0.489 e. The Hall–Kier alpha value is -1.26. The number of furan rings is 1. The van der Waals surface area contributed by atoms with E-state index in [4.69, 9.17) is 14.9 Å². The Morgan fingerprint density at radius 1 is 1.19 bits per heavy atom. The van der Waals surface area contributed by atoms with E-state index in [9.17, 15) is 0 Å². The number of benzene rings is 1. The summed E-state index contributed by atoms with van der Waals surface area (Å²) in [7, 11) is 0. The zero-order valence-electron chi connectivity index (χ0n) is 8.65. The molecule has 0 fully saturated rings. The van der Waals surface area contributed by atoms with Crippen LogP contribution in [0.5, 0.6) is 5.75 Å². The second-order valence-electron chi connectivity index (χ2n) is 3.32. The molecule has 2 rings (SSSR count). The minimum absolute atomic E-state index is 0.395. The van der Waals surface area contributed by atoms with Crippen molar-refractivity contribution in [2.45, 2.75) is 13.2 Å². The fourth-order valence-electron chi connectivity index (χ4n) is 1.37. The van der Waals surface area contributed by atoms with Gasteiger partial charge in [0.15, 0.2) is 0 Å². The van der Waals surface area contributed by atoms with Gasteiger partial charge in [0.1, 0.15) is 18.1 Å². The average Bonchev–Trinajstić information content (AvgIpc) is 2.76. The summed E-state index contributed by atoms with van der Waals surface area (Å²) in [6.07, 6.45) is 1.63. The van der Waals surface area contributed by atoms with E-state index < -0.39 is 0 Å². The van der Waals surface area contributed by atoms with E-state index >= 15 is 0 Å². The van der Waals surface area contributed by atoms with Gasteiger partial charge in [0.2, 0.25) is 0 Å². The molecule has 84 valence electrons. The highest BCUT2D eigenvalue weighted by atomic mass is 79.9. The summed E-state index contributed by atoms with van der Waals surface area (Å²) in [5.74, 6) is 1.60. The first-order chi connectivity index (χ1) is 7.79. The smallest absolute Gasteiger partial charge is 0.123 e. The van der Waals surface area contributed by atoms with Gasteiger partial charge in [-0.1, -0.05) is 15.9 Å². The summed E-state index contributed by atoms with van der Waals surface area (Å²) in [6, 6.07) is 9.57. The Bertz CT molecular complexity index is 450. The summed E-state index contributed by atoms with van der Waals surface area (Å²) in [4.78, 5) is 0. The highest BCUT2D eigenvalue weighted by molar-refractivity contribution is 9.10. The maximum absolute atomic E-state index is 5.61. The molecule has 0 aliphatic heterocycles. The third-order valence-electron chi connectivity index (χ3n) is 2.23. The van der Waals surface area contributed by atoms with Gasteiger partial charge in [-0.05, 0) is 30.3 Å². The summed E-state index contributed by atoms with van der Waals surface area (Å²) in [6.45, 7) is 0.872. The van der Waals surface area contributed by atoms with Gasteiger partial charge >= 0.3 is 0 Å². The monoisotopic (exact) mass is 281 g/mol. The number of nitrogens with two attached hydrogens (primary N) is 1. The molecule has 0 radical (unpaired) electrons. The lowest BCUT2D eigenvalue weighted by atomic mass is 10.2. The molecule has 0 aliphatic carbocycles. The van der Waals surface area contributed by atoms with E-state index in [-0.39, 0.29) is 0 Å². The highest BCUT2D eigenvalue weighted by Crippen LogP contribution is 2.18. The van der Waals surface area contributed by atoms with Gasteiger partial charge in [-0.15, -0.1) is 0 Å². The standard InChI is InChI=1S/C12H12BrNO2/c13-10-1-3-11(4-2-10)16-8-9-5-6-15-12(9)7-14/h1-6H,7-8,14H2. The Morgan fingerprint density at radius 2 is 1.94 bits per heavy atom. The van der Waals surface area contributed by atoms with Gasteiger partial charge in [0.25, 0.3) is 0 Å². The maximum Gasteiger partial charge on any atom is 0.123 e. The highest BCUT2D eigenvalue weighted by Gasteiger charge is 2.04. The number of hydrogen-bond acceptors (Lipinski definition) is 3. The molecule has 1 aromatic heterocycles. The summed E-state index contributed by atoms with van der Waals surface area (Å²) >= 11 is 3.37. The lowest BCUT2D eigenvalue weighted by Crippen LogP contribution is -2.01. The van der Waals surface area contributed by atoms with Gasteiger partial charge < -0.3 is 14.9 Å². The third-order valence-corrected chi connectivity index (χ3v) is 2.76. The van der Waals surface area contributed by atoms with E-state index in [0.717, 1.165) is 21.5 Å². The van der Waals surface area contributed by atoms with Crippen molar-refractivity contribution >= 4 is 15.9 Å². The molecule has 0 aliphatic rings. The van der Waals surface area contributed by atoms with Crippen LogP contribution in [0.1, 0.15) is 11.3 Å². The summed E-state index contributed by atoms with van der Waals surface area (Å²) in [5.41, 5.74) is 6.52. The molecule has 0 bridgehead atoms. The first-order valence-electron chi connectivity index (χ1n) is 4.93. The number of halogens is 1. The molecular formula is C12H12BrNO2. The van der Waals surface area contributed by atoms with Crippen LogP contribution in [-0.2, 0) is 13.2 Å². The zero-order chi connectivity index (χ0) is 11.4. The lowest BCUT2D eigenvalue weighted by molar-refractivity contribution is 0.302. The minimum atomic E-state index is 0.395. The molecule has 4 heteroatoms. The second kappa shape index (κ2) is 5.18. The van der Waals surface area contributed by atoms with E-state index in [0.29, 0.717) is 13.2 Å². The van der Waals surface area contributed by atoms with Crippen LogP contribution in [0, 0.1) is 0 Å². The first kappa shape index (κ1) is 11.2. The Labute approximate surface area is 102 Å². The third kappa shape index (κ3) is 2.65. The predicted octanol–water partition coefficient (Wildman–Crippen LogP) is 3.08. The molecule has 1 heterocycles. The predicted molar refractivity (Wildman–Crippen MR) is 65.1 cm³/mol. The van der Waals surface area contributed by atoms with Crippen molar-refractivity contribution < 1.29 is 9.15 Å². The molecule has 16 heavy (non-hydrogen) atoms. The molecule has 0 atom stereocenters. The van der Waals surface area contributed by atoms with Crippen molar-refractivity contribution in [1.82, 2.24) is 0 Å². The van der Waals surface area contributed by atoms with E-state index in [2.05, 4.69) is 15.9 Å². The van der Waals surface area contributed by atoms with Gasteiger partial charge in [0.05, 0.1) is 12.8 Å². The van der Waals surface area contributed by atoms with E-state index in [1.807, 2.05) is 30.3 Å². The molecule has 2 N–H and O–H groups in total. The molecule has 2 aromatic rings. The van der Waals surface area contributed by atoms with Crippen LogP contribution in [0.15, 0.2) is 45.5 Å². The van der Waals surface area contributed by atoms with Crippen molar-refractivity contribution in [2.75, 3.05) is 0 Å². The van der Waals surface area contributed by atoms with Crippen LogP contribution in [0.3, 0.4) is 0 Å². The fraction of sp³-hybridized carbons (Fsp3) is 0.167. The van der Waals surface area contributed by atoms with Crippen LogP contribution in [0.2, 0.25) is 0 Å². The van der Waals surface area contributed by atoms with Gasteiger partial charge in [-0.3, -0.25) is 0 Å². The zero-order valence-corrected chi connectivity index (χ0v) is 10.2. The topological polar surface area (TPSA) is 48.4 Å². The maximum atomic E-state index is 5.61. The lowest BCUT2D eigenvalue weighted by Gasteiger charge is -2.05. The normalized spacial score (nSPS) is 10.4. The molecule has 0 spiro atoms. The van der Waals surface area contributed by atoms with Crippen molar-refractivity contribution in [3.63, 3.8) is 0 Å². The molecule has 0 saturated carbocycles. The second-order valence-corrected chi connectivity index (χ2v) is 4.23. The van der Waals surface area contributed by atoms with Crippen molar-refractivity contribution in [3.8, 4) is 5.75 Å². The van der Waals surface area contributed by atoms with Crippen molar-refractivity contribution in [1.29, 1.82) is 0 Å². The van der Waals surface area contributed by atoms with Crippen LogP contribution < -0.4 is 10.5 Å². The van der Waals surface area contributed by atoms with Crippen molar-refractivity contribution in [3.05, 3.63) is 52.4 Å². The van der Waals surface area contributed by atoms with Crippen LogP contribution in [0.25, 0.3) is 0 Å². The summed E-state index contributed by atoms with van der Waals surface area (Å²) in [5, 5.41) is 0. The van der Waals surface area contributed by atoms with Gasteiger partial charge in [-0.2, -0.15) is 0 Å². The molecule has 0 amide bonds. The quantitative estimate of drug-likeness (QED) is 0.937. The SMILES string of the molecule is NCc1occc1COc1ccc(Br)cc1. The molecular weight excluding hydrogens is 270 g/mol. The molecule has 0 unspecified atom stereocenters. The molecule has 0 saturated heterocycles. The van der Waals surface area contributed by atoms with Crippen LogP contribution in [0.4, 0.5) is 0 Å². The van der Waals surface area contributed by atoms with Crippen LogP contribution in [-0.4, -0.2) is 0 Å². The minimum Gasteiger partial charge on any atom is -0.489 e. The number of ether oxygens (including phenoxy) is 1. The Morgan fingerprint density at radius 3 is 2.62 bits per heavy atom. The number of rotatable bonds is 4. The average molecular weight is 282 g/mol. The molecule has 1 aromatic carbocycles. The van der Waals surface area contributed by atoms with E-state index in [1.54, 1.807) is 6.26 Å². The Kier molecular flexibility index (Phi) is 3.64. The molecule has 3 nitrogen and oxygen atoms in total. The summed E-state index contributed by atoms with van der Waals surface area (Å²) < 4.78 is 11.9.